The van der Waals surface area contributed by atoms with E-state index in [0.29, 0.717) is 0 Å². The smallest absolute Gasteiger partial charge is 0.235 e. The maximum atomic E-state index is 8.04. The van der Waals surface area contributed by atoms with Gasteiger partial charge in [0.25, 0.3) is 0 Å². The van der Waals surface area contributed by atoms with Gasteiger partial charge in [0.05, 0.1) is 37.0 Å². The quantitative estimate of drug-likeness (QED) is 0.257. The number of nitrogens with zero attached hydrogens (tertiary/aromatic N) is 2. The Kier molecular flexibility index (Phi) is 8.52. The Bertz CT molecular complexity index is 782. The second-order valence-electron chi connectivity index (χ2n) is 9.02. The molecule has 0 amide bonds. The highest BCUT2D eigenvalue weighted by molar-refractivity contribution is 7.87. The van der Waals surface area contributed by atoms with E-state index in [-0.39, 0.29) is 0 Å². The van der Waals surface area contributed by atoms with E-state index in [1.54, 1.807) is 0 Å². The van der Waals surface area contributed by atoms with Crippen molar-refractivity contribution in [1.82, 2.24) is 8.98 Å². The van der Waals surface area contributed by atoms with Gasteiger partial charge in [-0.3, -0.25) is 0 Å². The van der Waals surface area contributed by atoms with Crippen molar-refractivity contribution in [2.45, 2.75) is 41.5 Å². The van der Waals surface area contributed by atoms with Crippen LogP contribution in [0.2, 0.25) is 0 Å². The molecule has 0 aromatic heterocycles. The fourth-order valence-corrected chi connectivity index (χ4v) is 18.0. The lowest BCUT2D eigenvalue weighted by molar-refractivity contribution is 0.711. The van der Waals surface area contributed by atoms with Crippen LogP contribution in [0.15, 0.2) is 60.7 Å². The number of rotatable bonds is 10. The molecule has 8 heteroatoms. The summed E-state index contributed by atoms with van der Waals surface area (Å²) in [7, 11) is -3.11. The van der Waals surface area contributed by atoms with Crippen molar-refractivity contribution in [1.29, 1.82) is 0 Å². The lowest BCUT2D eigenvalue weighted by Gasteiger charge is -2.84. The van der Waals surface area contributed by atoms with Crippen LogP contribution in [-0.2, 0) is 0 Å². The number of hydrogen-bond donors (Lipinski definition) is 0. The molecule has 0 atom stereocenters. The third-order valence-electron chi connectivity index (χ3n) is 8.36. The molecule has 0 saturated carbocycles. The Morgan fingerprint density at radius 2 is 0.781 bits per heavy atom. The van der Waals surface area contributed by atoms with Crippen LogP contribution in [0.4, 0.5) is 0 Å². The Balaban J connectivity index is 2.40. The summed E-state index contributed by atoms with van der Waals surface area (Å²) in [5, 5.41) is 0. The first kappa shape index (κ1) is 26.5. The highest BCUT2D eigenvalue weighted by Gasteiger charge is 2.69. The van der Waals surface area contributed by atoms with Gasteiger partial charge in [-0.15, -0.1) is 0 Å². The normalized spacial score (nSPS) is 25.0. The van der Waals surface area contributed by atoms with Gasteiger partial charge in [0.15, 0.2) is 0 Å². The van der Waals surface area contributed by atoms with E-state index >= 15 is 0 Å². The second-order valence-corrected chi connectivity index (χ2v) is 19.3. The maximum absolute atomic E-state index is 8.04. The van der Waals surface area contributed by atoms with Crippen LogP contribution in [-0.4, -0.2) is 57.6 Å². The van der Waals surface area contributed by atoms with Gasteiger partial charge in [0.1, 0.15) is 0 Å². The molecule has 1 saturated heterocycles. The lowest BCUT2D eigenvalue weighted by atomic mass is 9.40. The first-order chi connectivity index (χ1) is 15.3. The zero-order valence-electron chi connectivity index (χ0n) is 20.7. The molecule has 0 radical (unpaired) electrons. The average molecular weight is 511 g/mol. The third-order valence-corrected chi connectivity index (χ3v) is 20.6. The largest absolute Gasteiger partial charge is 0.446 e. The van der Waals surface area contributed by atoms with E-state index in [1.807, 2.05) is 0 Å². The summed E-state index contributed by atoms with van der Waals surface area (Å²) in [4.78, 5) is 0. The van der Waals surface area contributed by atoms with Gasteiger partial charge in [-0.05, 0) is 41.5 Å². The summed E-state index contributed by atoms with van der Waals surface area (Å²) in [6, 6.07) is 21.6. The zero-order valence-corrected chi connectivity index (χ0v) is 24.0. The molecule has 2 aromatic rings. The summed E-state index contributed by atoms with van der Waals surface area (Å²) in [5.74, 6) is -3.22. The number of halogens is 2. The average Bonchev–Trinajstić information content (AvgIpc) is 2.86. The standard InChI is InChI=1S/C24H40B2Cl2N2P2/c1-7-31(8-2,9-3)29-25(27,23-19-15-13-16-20-23)30(32(10-4,11-5)12-6)26(29,28)24-21-17-14-18-22-24/h13-22H,7-12H2,1-6H3. The molecule has 0 aliphatic carbocycles. The highest BCUT2D eigenvalue weighted by atomic mass is 35.5. The predicted octanol–water partition coefficient (Wildman–Crippen LogP) is 6.76. The summed E-state index contributed by atoms with van der Waals surface area (Å²) < 4.78 is 5.41. The van der Waals surface area contributed by atoms with E-state index in [9.17, 15) is 0 Å². The fourth-order valence-electron chi connectivity index (χ4n) is 6.32. The second kappa shape index (κ2) is 10.3. The van der Waals surface area contributed by atoms with Crippen LogP contribution in [0.5, 0.6) is 0 Å². The van der Waals surface area contributed by atoms with Gasteiger partial charge in [-0.1, -0.05) is 60.7 Å². The molecular formula is C24H40B2Cl2N2P2. The first-order valence-corrected chi connectivity index (χ1v) is 17.9. The van der Waals surface area contributed by atoms with Crippen molar-refractivity contribution in [2.75, 3.05) is 37.0 Å². The first-order valence-electron chi connectivity index (χ1n) is 12.4. The molecule has 2 nitrogen and oxygen atoms in total. The molecule has 0 spiro atoms. The minimum Gasteiger partial charge on any atom is -0.446 e. The van der Waals surface area contributed by atoms with Crippen molar-refractivity contribution in [3.05, 3.63) is 60.7 Å². The van der Waals surface area contributed by atoms with E-state index in [1.165, 1.54) is 10.9 Å². The van der Waals surface area contributed by atoms with Gasteiger partial charge in [-0.25, -0.2) is 0 Å². The van der Waals surface area contributed by atoms with Crippen LogP contribution in [0.1, 0.15) is 41.5 Å². The van der Waals surface area contributed by atoms with Gasteiger partial charge in [-0.2, -0.15) is 10.9 Å². The Morgan fingerprint density at radius 1 is 0.531 bits per heavy atom. The summed E-state index contributed by atoms with van der Waals surface area (Å²) >= 11 is 16.1. The molecule has 0 N–H and O–H groups in total. The molecule has 3 rings (SSSR count). The molecule has 1 heterocycles. The highest BCUT2D eigenvalue weighted by Crippen LogP contribution is 2.78. The number of hydrogen-bond acceptors (Lipinski definition) is 2. The molecule has 1 fully saturated rings. The molecule has 32 heavy (non-hydrogen) atoms. The molecule has 1 aliphatic heterocycles. The molecule has 0 bridgehead atoms. The van der Waals surface area contributed by atoms with Crippen molar-refractivity contribution >= 4 is 60.3 Å². The maximum Gasteiger partial charge on any atom is 0.235 e. The van der Waals surface area contributed by atoms with Crippen molar-refractivity contribution in [3.63, 3.8) is 0 Å². The Labute approximate surface area is 208 Å². The lowest BCUT2D eigenvalue weighted by Crippen LogP contribution is -2.95. The van der Waals surface area contributed by atoms with Gasteiger partial charge < -0.3 is 31.9 Å². The summed E-state index contributed by atoms with van der Waals surface area (Å²) in [6.07, 6.45) is 6.81. The predicted molar refractivity (Wildman–Crippen MR) is 156 cm³/mol. The fraction of sp³-hybridized carbons (Fsp3) is 0.500. The van der Waals surface area contributed by atoms with Gasteiger partial charge in [0, 0.05) is 14.8 Å². The Hall–Kier alpha value is -0.0701. The van der Waals surface area contributed by atoms with E-state index in [0.717, 1.165) is 37.0 Å². The van der Waals surface area contributed by atoms with Crippen LogP contribution in [0, 0.1) is 0 Å². The molecular weight excluding hydrogens is 471 g/mol. The zero-order chi connectivity index (χ0) is 23.6. The third kappa shape index (κ3) is 3.73. The van der Waals surface area contributed by atoms with Crippen molar-refractivity contribution in [3.8, 4) is 0 Å². The van der Waals surface area contributed by atoms with Crippen LogP contribution in [0.25, 0.3) is 0 Å². The van der Waals surface area contributed by atoms with Crippen LogP contribution in [0.3, 0.4) is 0 Å². The minimum atomic E-state index is -1.61. The van der Waals surface area contributed by atoms with E-state index in [2.05, 4.69) is 111 Å². The van der Waals surface area contributed by atoms with E-state index < -0.39 is 26.5 Å². The minimum absolute atomic E-state index is 1.13. The topological polar surface area (TPSA) is 6.48 Å². The van der Waals surface area contributed by atoms with Crippen LogP contribution < -0.4 is 10.9 Å². The van der Waals surface area contributed by atoms with Gasteiger partial charge >= 0.3 is 0 Å². The molecule has 1 aliphatic rings. The molecule has 0 unspecified atom stereocenters. The monoisotopic (exact) mass is 510 g/mol. The SMILES string of the molecule is CC[P+](CC)(CC)N1[B-](Cl)(c2ccccc2)N([P+](CC)(CC)CC)[B-]1(Cl)c1ccccc1. The van der Waals surface area contributed by atoms with Gasteiger partial charge in [0.2, 0.25) is 11.7 Å². The summed E-state index contributed by atoms with van der Waals surface area (Å²) in [5.41, 5.74) is 2.45. The Morgan fingerprint density at radius 3 is 1.00 bits per heavy atom. The number of benzene rings is 2. The molecule has 176 valence electrons. The van der Waals surface area contributed by atoms with Crippen molar-refractivity contribution < 1.29 is 0 Å². The molecule has 2 aromatic carbocycles. The van der Waals surface area contributed by atoms with Crippen LogP contribution >= 0.6 is 37.7 Å². The summed E-state index contributed by atoms with van der Waals surface area (Å²) in [6.45, 7) is 14.1. The van der Waals surface area contributed by atoms with Crippen molar-refractivity contribution in [2.24, 2.45) is 0 Å². The van der Waals surface area contributed by atoms with E-state index in [4.69, 9.17) is 22.9 Å².